The summed E-state index contributed by atoms with van der Waals surface area (Å²) in [6.45, 7) is 4.23. The lowest BCUT2D eigenvalue weighted by Crippen LogP contribution is -2.38. The summed E-state index contributed by atoms with van der Waals surface area (Å²) in [5.41, 5.74) is 2.93. The molecule has 8 heteroatoms. The zero-order chi connectivity index (χ0) is 17.4. The highest BCUT2D eigenvalue weighted by Gasteiger charge is 2.26. The predicted molar refractivity (Wildman–Crippen MR) is 90.5 cm³/mol. The van der Waals surface area contributed by atoms with E-state index in [1.807, 2.05) is 19.1 Å². The monoisotopic (exact) mass is 348 g/mol. The molecule has 0 fully saturated rings. The molecule has 1 aromatic heterocycles. The van der Waals surface area contributed by atoms with Crippen LogP contribution in [0.2, 0.25) is 5.02 Å². The second-order valence-electron chi connectivity index (χ2n) is 5.91. The summed E-state index contributed by atoms with van der Waals surface area (Å²) >= 11 is 6.11. The van der Waals surface area contributed by atoms with Gasteiger partial charge in [0.25, 0.3) is 0 Å². The number of anilines is 1. The molecule has 0 unspecified atom stereocenters. The van der Waals surface area contributed by atoms with Gasteiger partial charge in [-0.15, -0.1) is 0 Å². The third-order valence-electron chi connectivity index (χ3n) is 4.20. The molecule has 0 spiro atoms. The first-order valence-corrected chi connectivity index (χ1v) is 8.02. The molecule has 0 saturated heterocycles. The molecule has 0 saturated carbocycles. The molecule has 2 heterocycles. The SMILES string of the molecule is Cc1cc(Cl)cc2c1N(C(=O)Cn1cc([N+](=O)[O-])nc1C)CCC2. The lowest BCUT2D eigenvalue weighted by Gasteiger charge is -2.31. The molecule has 0 atom stereocenters. The van der Waals surface area contributed by atoms with Gasteiger partial charge in [-0.3, -0.25) is 9.36 Å². The van der Waals surface area contributed by atoms with Crippen molar-refractivity contribution in [1.29, 1.82) is 0 Å². The van der Waals surface area contributed by atoms with E-state index in [0.29, 0.717) is 17.4 Å². The van der Waals surface area contributed by atoms with Crippen molar-refractivity contribution in [2.45, 2.75) is 33.2 Å². The van der Waals surface area contributed by atoms with Gasteiger partial charge in [-0.05, 0) is 52.9 Å². The van der Waals surface area contributed by atoms with Gasteiger partial charge in [-0.25, -0.2) is 0 Å². The van der Waals surface area contributed by atoms with Crippen LogP contribution in [-0.4, -0.2) is 26.9 Å². The first-order chi connectivity index (χ1) is 11.4. The van der Waals surface area contributed by atoms with Crippen molar-refractivity contribution in [1.82, 2.24) is 9.55 Å². The van der Waals surface area contributed by atoms with Gasteiger partial charge in [0.2, 0.25) is 11.7 Å². The number of rotatable bonds is 3. The molecule has 1 amide bonds. The Bertz CT molecular complexity index is 831. The van der Waals surface area contributed by atoms with E-state index in [4.69, 9.17) is 11.6 Å². The van der Waals surface area contributed by atoms with Gasteiger partial charge in [0, 0.05) is 24.2 Å². The number of benzene rings is 1. The Hall–Kier alpha value is -2.41. The number of fused-ring (bicyclic) bond motifs is 1. The van der Waals surface area contributed by atoms with Crippen LogP contribution in [0.5, 0.6) is 0 Å². The van der Waals surface area contributed by atoms with Crippen LogP contribution >= 0.6 is 11.6 Å². The van der Waals surface area contributed by atoms with Gasteiger partial charge in [-0.2, -0.15) is 0 Å². The topological polar surface area (TPSA) is 81.3 Å². The molecule has 7 nitrogen and oxygen atoms in total. The van der Waals surface area contributed by atoms with E-state index < -0.39 is 4.92 Å². The summed E-state index contributed by atoms with van der Waals surface area (Å²) in [7, 11) is 0. The van der Waals surface area contributed by atoms with Gasteiger partial charge in [0.1, 0.15) is 12.7 Å². The van der Waals surface area contributed by atoms with Crippen molar-refractivity contribution in [2.24, 2.45) is 0 Å². The van der Waals surface area contributed by atoms with Crippen LogP contribution in [0, 0.1) is 24.0 Å². The van der Waals surface area contributed by atoms with Crippen molar-refractivity contribution >= 4 is 29.0 Å². The Morgan fingerprint density at radius 2 is 2.17 bits per heavy atom. The van der Waals surface area contributed by atoms with Crippen LogP contribution in [-0.2, 0) is 17.8 Å². The zero-order valence-electron chi connectivity index (χ0n) is 13.5. The molecule has 0 bridgehead atoms. The molecule has 126 valence electrons. The molecule has 2 aromatic rings. The number of nitro groups is 1. The number of halogens is 1. The lowest BCUT2D eigenvalue weighted by atomic mass is 9.98. The number of hydrogen-bond acceptors (Lipinski definition) is 4. The van der Waals surface area contributed by atoms with E-state index >= 15 is 0 Å². The normalized spacial score (nSPS) is 13.7. The summed E-state index contributed by atoms with van der Waals surface area (Å²) in [5, 5.41) is 11.5. The van der Waals surface area contributed by atoms with Crippen LogP contribution in [0.3, 0.4) is 0 Å². The number of amides is 1. The molecular weight excluding hydrogens is 332 g/mol. The van der Waals surface area contributed by atoms with Crippen molar-refractivity contribution in [3.63, 3.8) is 0 Å². The number of hydrogen-bond donors (Lipinski definition) is 0. The van der Waals surface area contributed by atoms with Gasteiger partial charge in [0.05, 0.1) is 0 Å². The average Bonchev–Trinajstić information content (AvgIpc) is 2.87. The number of aryl methyl sites for hydroxylation is 3. The quantitative estimate of drug-likeness (QED) is 0.630. The van der Waals surface area contributed by atoms with Crippen molar-refractivity contribution in [3.8, 4) is 0 Å². The fraction of sp³-hybridized carbons (Fsp3) is 0.375. The molecular formula is C16H17ClN4O3. The number of carbonyl (C=O) groups excluding carboxylic acids is 1. The second kappa shape index (κ2) is 6.24. The minimum atomic E-state index is -0.559. The summed E-state index contributed by atoms with van der Waals surface area (Å²) in [5.74, 6) is 0.0826. The van der Waals surface area contributed by atoms with Crippen LogP contribution in [0.4, 0.5) is 11.5 Å². The molecule has 0 radical (unpaired) electrons. The molecule has 0 aliphatic carbocycles. The maximum Gasteiger partial charge on any atom is 0.381 e. The summed E-state index contributed by atoms with van der Waals surface area (Å²) in [6, 6.07) is 3.75. The predicted octanol–water partition coefficient (Wildman–Crippen LogP) is 3.04. The highest BCUT2D eigenvalue weighted by molar-refractivity contribution is 6.30. The van der Waals surface area contributed by atoms with E-state index in [-0.39, 0.29) is 18.3 Å². The first-order valence-electron chi connectivity index (χ1n) is 7.64. The molecule has 3 rings (SSSR count). The minimum absolute atomic E-state index is 0.0220. The Kier molecular flexibility index (Phi) is 4.28. The van der Waals surface area contributed by atoms with Gasteiger partial charge in [0.15, 0.2) is 0 Å². The first kappa shape index (κ1) is 16.4. The second-order valence-corrected chi connectivity index (χ2v) is 6.35. The van der Waals surface area contributed by atoms with Crippen LogP contribution in [0.15, 0.2) is 18.3 Å². The standard InChI is InChI=1S/C16H17ClN4O3/c1-10-6-13(17)7-12-4-3-5-20(16(10)12)15(22)9-19-8-14(21(23)24)18-11(19)2/h6-8H,3-5,9H2,1-2H3. The largest absolute Gasteiger partial charge is 0.381 e. The van der Waals surface area contributed by atoms with E-state index in [0.717, 1.165) is 29.7 Å². The van der Waals surface area contributed by atoms with Gasteiger partial charge >= 0.3 is 5.82 Å². The Morgan fingerprint density at radius 1 is 1.42 bits per heavy atom. The Balaban J connectivity index is 1.89. The summed E-state index contributed by atoms with van der Waals surface area (Å²) in [4.78, 5) is 28.6. The zero-order valence-corrected chi connectivity index (χ0v) is 14.2. The van der Waals surface area contributed by atoms with Crippen LogP contribution in [0.1, 0.15) is 23.4 Å². The maximum absolute atomic E-state index is 12.8. The molecule has 1 aromatic carbocycles. The molecule has 24 heavy (non-hydrogen) atoms. The fourth-order valence-electron chi connectivity index (χ4n) is 3.14. The highest BCUT2D eigenvalue weighted by atomic mass is 35.5. The third kappa shape index (κ3) is 2.99. The highest BCUT2D eigenvalue weighted by Crippen LogP contribution is 2.33. The van der Waals surface area contributed by atoms with E-state index in [9.17, 15) is 14.9 Å². The van der Waals surface area contributed by atoms with Crippen molar-refractivity contribution < 1.29 is 9.72 Å². The number of nitrogens with zero attached hydrogens (tertiary/aromatic N) is 4. The summed E-state index contributed by atoms with van der Waals surface area (Å²) in [6.07, 6.45) is 3.05. The van der Waals surface area contributed by atoms with Gasteiger partial charge in [-0.1, -0.05) is 11.6 Å². The smallest absolute Gasteiger partial charge is 0.358 e. The molecule has 1 aliphatic heterocycles. The third-order valence-corrected chi connectivity index (χ3v) is 4.42. The van der Waals surface area contributed by atoms with Crippen LogP contribution in [0.25, 0.3) is 0 Å². The van der Waals surface area contributed by atoms with E-state index in [1.54, 1.807) is 11.8 Å². The van der Waals surface area contributed by atoms with E-state index in [1.165, 1.54) is 10.8 Å². The fourth-order valence-corrected chi connectivity index (χ4v) is 3.44. The average molecular weight is 349 g/mol. The Morgan fingerprint density at radius 3 is 2.83 bits per heavy atom. The van der Waals surface area contributed by atoms with Gasteiger partial charge < -0.3 is 15.0 Å². The minimum Gasteiger partial charge on any atom is -0.358 e. The lowest BCUT2D eigenvalue weighted by molar-refractivity contribution is -0.389. The molecule has 1 aliphatic rings. The number of imidazole rings is 1. The number of aromatic nitrogens is 2. The number of carbonyl (C=O) groups is 1. The van der Waals surface area contributed by atoms with E-state index in [2.05, 4.69) is 4.98 Å². The van der Waals surface area contributed by atoms with Crippen molar-refractivity contribution in [3.05, 3.63) is 50.4 Å². The maximum atomic E-state index is 12.8. The molecule has 0 N–H and O–H groups in total. The Labute approximate surface area is 144 Å². The van der Waals surface area contributed by atoms with Crippen LogP contribution < -0.4 is 4.90 Å². The van der Waals surface area contributed by atoms with Crippen molar-refractivity contribution in [2.75, 3.05) is 11.4 Å². The summed E-state index contributed by atoms with van der Waals surface area (Å²) < 4.78 is 1.51.